The maximum Gasteiger partial charge on any atom is 0.251 e. The van der Waals surface area contributed by atoms with Crippen molar-refractivity contribution < 1.29 is 42.5 Å². The summed E-state index contributed by atoms with van der Waals surface area (Å²) in [4.78, 5) is 82.8. The van der Waals surface area contributed by atoms with E-state index >= 15 is 0 Å². The highest BCUT2D eigenvalue weighted by Crippen LogP contribution is 2.29. The number of carbonyl (C=O) groups excluding carboxylic acids is 4. The van der Waals surface area contributed by atoms with E-state index in [-0.39, 0.29) is 69.5 Å². The van der Waals surface area contributed by atoms with Crippen LogP contribution in [0.25, 0.3) is 0 Å². The molecule has 1 amide bonds. The number of Topliss-reactive ketones (excluding diaryl/α,β-unsaturated/α-hetero) is 3. The normalized spacial score (nSPS) is 13.9. The van der Waals surface area contributed by atoms with Gasteiger partial charge in [0.25, 0.3) is 5.91 Å². The van der Waals surface area contributed by atoms with E-state index in [0.717, 1.165) is 69.5 Å². The van der Waals surface area contributed by atoms with Gasteiger partial charge in [0.1, 0.15) is 23.9 Å². The number of nitrogens with one attached hydrogen (secondary N) is 5. The minimum Gasteiger partial charge on any atom is -0.508 e. The molecule has 0 atom stereocenters. The number of phenolic OH excluding ortho intramolecular Hbond substituents is 2. The van der Waals surface area contributed by atoms with Crippen LogP contribution in [0.3, 0.4) is 0 Å². The molecule has 0 saturated carbocycles. The number of aromatic hydroxyl groups is 2. The number of hydrogen-bond donors (Lipinski definition) is 7. The topological polar surface area (TPSA) is 299 Å². The van der Waals surface area contributed by atoms with Crippen LogP contribution in [0.2, 0.25) is 15.1 Å². The minimum atomic E-state index is -3.58. The van der Waals surface area contributed by atoms with Gasteiger partial charge in [-0.25, -0.2) is 43.0 Å². The predicted molar refractivity (Wildman–Crippen MR) is 395 cm³/mol. The average Bonchev–Trinajstić information content (AvgIpc) is 1.88. The Bertz CT molecular complexity index is 4360. The van der Waals surface area contributed by atoms with E-state index in [4.69, 9.17) is 39.5 Å². The summed E-state index contributed by atoms with van der Waals surface area (Å²) < 4.78 is 34.2. The van der Waals surface area contributed by atoms with Gasteiger partial charge in [0.2, 0.25) is 27.9 Å². The summed E-state index contributed by atoms with van der Waals surface area (Å²) >= 11 is 21.6. The smallest absolute Gasteiger partial charge is 0.251 e. The number of sulfonamides is 1. The molecule has 23 nitrogen and oxygen atoms in total. The molecule has 0 aliphatic carbocycles. The molecule has 3 aliphatic rings. The van der Waals surface area contributed by atoms with Gasteiger partial charge in [0.05, 0.1) is 25.5 Å². The summed E-state index contributed by atoms with van der Waals surface area (Å²) in [7, 11) is -3.58. The van der Waals surface area contributed by atoms with Crippen LogP contribution in [0, 0.1) is 0 Å². The zero-order chi connectivity index (χ0) is 71.1. The third-order valence-corrected chi connectivity index (χ3v) is 19.7. The van der Waals surface area contributed by atoms with Crippen LogP contribution in [-0.2, 0) is 29.3 Å². The summed E-state index contributed by atoms with van der Waals surface area (Å²) in [5.41, 5.74) is 5.67. The van der Waals surface area contributed by atoms with Crippen LogP contribution in [0.1, 0.15) is 96.6 Å². The van der Waals surface area contributed by atoms with Crippen LogP contribution in [0.15, 0.2) is 174 Å². The Morgan fingerprint density at radius 1 is 0.485 bits per heavy atom. The number of likely N-dealkylation sites (tertiary alicyclic amines) is 3. The molecule has 0 radical (unpaired) electrons. The first-order chi connectivity index (χ1) is 48.9. The number of ketones is 3. The van der Waals surface area contributed by atoms with E-state index < -0.39 is 10.0 Å². The fourth-order valence-corrected chi connectivity index (χ4v) is 13.5. The molecule has 3 aromatic heterocycles. The largest absolute Gasteiger partial charge is 0.508 e. The highest BCUT2D eigenvalue weighted by atomic mass is 79.9. The van der Waals surface area contributed by atoms with Gasteiger partial charge in [-0.2, -0.15) is 0 Å². The molecule has 12 rings (SSSR count). The van der Waals surface area contributed by atoms with Gasteiger partial charge in [-0.3, -0.25) is 24.1 Å². The van der Waals surface area contributed by atoms with E-state index in [1.807, 2.05) is 24.3 Å². The molecule has 6 aromatic carbocycles. The summed E-state index contributed by atoms with van der Waals surface area (Å²) in [6, 6.07) is 34.9. The van der Waals surface area contributed by atoms with Crippen molar-refractivity contribution in [3.63, 3.8) is 0 Å². The molecule has 3 saturated heterocycles. The Hall–Kier alpha value is -9.02. The quantitative estimate of drug-likeness (QED) is 0.0224. The van der Waals surface area contributed by atoms with Crippen molar-refractivity contribution in [2.75, 3.05) is 94.5 Å². The first kappa shape index (κ1) is 74.7. The first-order valence-electron chi connectivity index (χ1n) is 33.0. The van der Waals surface area contributed by atoms with Crippen molar-refractivity contribution in [1.29, 1.82) is 0 Å². The number of ether oxygens (including phenoxy) is 1. The zero-order valence-corrected chi connectivity index (χ0v) is 59.8. The van der Waals surface area contributed by atoms with Crippen LogP contribution < -0.4 is 30.7 Å². The summed E-state index contributed by atoms with van der Waals surface area (Å²) in [6.45, 7) is 10.8. The fourth-order valence-electron chi connectivity index (χ4n) is 11.2. The average molecular weight is 1510 g/mol. The first-order valence-corrected chi connectivity index (χ1v) is 36.4. The van der Waals surface area contributed by atoms with Crippen LogP contribution in [0.5, 0.6) is 17.2 Å². The Morgan fingerprint density at radius 3 is 1.47 bits per heavy atom. The third-order valence-electron chi connectivity index (χ3n) is 16.6. The molecule has 101 heavy (non-hydrogen) atoms. The van der Waals surface area contributed by atoms with E-state index in [0.29, 0.717) is 97.7 Å². The fraction of sp³-hybridized carbons (Fsp3) is 0.288. The van der Waals surface area contributed by atoms with Gasteiger partial charge in [0.15, 0.2) is 17.3 Å². The van der Waals surface area contributed by atoms with Gasteiger partial charge in [0, 0.05) is 133 Å². The zero-order valence-electron chi connectivity index (χ0n) is 55.1. The van der Waals surface area contributed by atoms with Gasteiger partial charge in [-0.15, -0.1) is 0 Å². The standard InChI is InChI=1S/C25H26BrN5O3.C24H24Cl2N4O2.C24H26ClN5O4S/c26-22-8-7-20(32)14-21(22)23(33)13-17-15-28-25(29-16-17)30-19-5-3-18(4-6-19)24(34)27-9-12-31-10-1-2-11-31;25-20-7-4-8-21(26)23(20)22(31)13-17-15-27-24(28-16-17)29-18-5-3-6-19(14-18)32-12-11-30-9-1-2-10-30;25-22-8-5-19(31)14-21(22)23(32)13-17-15-26-24(27-16-17)29-18-3-6-20(7-4-18)35(33,34)28-9-12-30-10-1-2-11-30/h3-8,14-16,32H,1-2,9-13H2,(H,27,34)(H,28,29,30);3-8,14-16H,1-2,9-13H2,(H,27,28,29);3-8,14-16,28,31H,1-2,9-13H2,(H,26,27,29). The Labute approximate surface area is 609 Å². The van der Waals surface area contributed by atoms with Crippen molar-refractivity contribution in [1.82, 2.24) is 54.6 Å². The molecule has 0 unspecified atom stereocenters. The van der Waals surface area contributed by atoms with Gasteiger partial charge >= 0.3 is 0 Å². The lowest BCUT2D eigenvalue weighted by atomic mass is 10.0. The van der Waals surface area contributed by atoms with Crippen molar-refractivity contribution in [3.8, 4) is 17.2 Å². The molecule has 3 fully saturated rings. The lowest BCUT2D eigenvalue weighted by molar-refractivity contribution is 0.0946. The van der Waals surface area contributed by atoms with Crippen molar-refractivity contribution in [3.05, 3.63) is 223 Å². The minimum absolute atomic E-state index is 0.0285. The molecule has 3 aliphatic heterocycles. The lowest BCUT2D eigenvalue weighted by Gasteiger charge is -2.15. The van der Waals surface area contributed by atoms with Crippen LogP contribution >= 0.6 is 50.7 Å². The highest BCUT2D eigenvalue weighted by Gasteiger charge is 2.21. The van der Waals surface area contributed by atoms with Crippen molar-refractivity contribution in [2.45, 2.75) is 62.7 Å². The van der Waals surface area contributed by atoms with Gasteiger partial charge in [-0.1, -0.05) is 62.9 Å². The monoisotopic (exact) mass is 1510 g/mol. The van der Waals surface area contributed by atoms with Crippen molar-refractivity contribution in [2.24, 2.45) is 0 Å². The molecule has 28 heteroatoms. The number of anilines is 6. The number of carbonyl (C=O) groups is 4. The number of phenols is 2. The maximum absolute atomic E-state index is 12.6. The summed E-state index contributed by atoms with van der Waals surface area (Å²) in [6.07, 6.45) is 17.1. The second kappa shape index (κ2) is 37.1. The second-order valence-corrected chi connectivity index (χ2v) is 28.0. The SMILES string of the molecule is O=C(Cc1cnc(Nc2ccc(S(=O)(=O)NCCN3CCCC3)cc2)nc1)c1cc(O)ccc1Cl.O=C(Cc1cnc(Nc2cccc(OCCN3CCCC3)c2)nc1)c1c(Cl)cccc1Cl.O=C(NCCN1CCCC1)c1ccc(Nc2ncc(CC(=O)c3cc(O)ccc3Br)cn2)cc1. The molecule has 7 N–H and O–H groups in total. The Kier molecular flexibility index (Phi) is 27.4. The number of rotatable bonds is 28. The molecular weight excluding hydrogens is 1440 g/mol. The Balaban J connectivity index is 0.000000164. The number of nitrogens with zero attached hydrogens (tertiary/aromatic N) is 9. The van der Waals surface area contributed by atoms with Crippen LogP contribution in [-0.4, -0.2) is 165 Å². The van der Waals surface area contributed by atoms with E-state index in [2.05, 4.69) is 86.5 Å². The molecule has 9 aromatic rings. The molecule has 0 spiro atoms. The van der Waals surface area contributed by atoms with E-state index in [1.54, 1.807) is 85.5 Å². The lowest BCUT2D eigenvalue weighted by Crippen LogP contribution is -2.33. The molecule has 526 valence electrons. The number of amides is 1. The predicted octanol–water partition coefficient (Wildman–Crippen LogP) is 12.7. The second-order valence-electron chi connectivity index (χ2n) is 24.1. The molecular formula is C73H76BrCl3N14O9S. The number of aromatic nitrogens is 6. The van der Waals surface area contributed by atoms with E-state index in [1.165, 1.54) is 93.4 Å². The maximum atomic E-state index is 12.6. The van der Waals surface area contributed by atoms with Gasteiger partial charge < -0.3 is 46.0 Å². The number of benzene rings is 6. The number of hydrogen-bond acceptors (Lipinski definition) is 21. The number of halogens is 4. The third kappa shape index (κ3) is 23.0. The highest BCUT2D eigenvalue weighted by molar-refractivity contribution is 9.10. The van der Waals surface area contributed by atoms with Crippen LogP contribution in [0.4, 0.5) is 34.9 Å². The molecule has 6 heterocycles. The summed E-state index contributed by atoms with van der Waals surface area (Å²) in [5.74, 6) is 1.24. The molecule has 0 bridgehead atoms. The summed E-state index contributed by atoms with van der Waals surface area (Å²) in [5, 5.41) is 32.4. The van der Waals surface area contributed by atoms with E-state index in [9.17, 15) is 37.8 Å². The Morgan fingerprint density at radius 2 is 0.931 bits per heavy atom. The van der Waals surface area contributed by atoms with Gasteiger partial charge in [-0.05, 0) is 204 Å². The van der Waals surface area contributed by atoms with Crippen molar-refractivity contribution >= 4 is 119 Å².